The van der Waals surface area contributed by atoms with Gasteiger partial charge in [-0.2, -0.15) is 0 Å². The van der Waals surface area contributed by atoms with E-state index < -0.39 is 6.09 Å². The summed E-state index contributed by atoms with van der Waals surface area (Å²) < 4.78 is 4.69. The van der Waals surface area contributed by atoms with Crippen molar-refractivity contribution in [3.05, 3.63) is 29.8 Å². The van der Waals surface area contributed by atoms with Gasteiger partial charge in [-0.25, -0.2) is 10.2 Å². The Kier molecular flexibility index (Phi) is 5.93. The summed E-state index contributed by atoms with van der Waals surface area (Å²) in [4.78, 5) is 11.0. The van der Waals surface area contributed by atoms with Gasteiger partial charge in [-0.15, -0.1) is 0 Å². The van der Waals surface area contributed by atoms with E-state index in [2.05, 4.69) is 27.8 Å². The van der Waals surface area contributed by atoms with Crippen molar-refractivity contribution in [3.63, 3.8) is 0 Å². The SMILES string of the molecule is CCOC(=O)NNC(=S)Nc1ccccc1CC. The molecule has 0 radical (unpaired) electrons. The number of hydrazine groups is 1. The summed E-state index contributed by atoms with van der Waals surface area (Å²) in [6.45, 7) is 4.11. The molecule has 0 saturated heterocycles. The van der Waals surface area contributed by atoms with Crippen LogP contribution in [0.5, 0.6) is 0 Å². The summed E-state index contributed by atoms with van der Waals surface area (Å²) in [6.07, 6.45) is 0.335. The lowest BCUT2D eigenvalue weighted by atomic mass is 10.1. The zero-order valence-corrected chi connectivity index (χ0v) is 11.3. The average Bonchev–Trinajstić information content (AvgIpc) is 2.37. The molecule has 0 spiro atoms. The largest absolute Gasteiger partial charge is 0.449 e. The second kappa shape index (κ2) is 7.50. The number of amides is 1. The van der Waals surface area contributed by atoms with E-state index in [1.807, 2.05) is 24.3 Å². The lowest BCUT2D eigenvalue weighted by Crippen LogP contribution is -2.44. The van der Waals surface area contributed by atoms with Crippen molar-refractivity contribution in [1.29, 1.82) is 0 Å². The van der Waals surface area contributed by atoms with Gasteiger partial charge in [-0.1, -0.05) is 25.1 Å². The molecule has 0 heterocycles. The van der Waals surface area contributed by atoms with Gasteiger partial charge >= 0.3 is 6.09 Å². The number of para-hydroxylation sites is 1. The van der Waals surface area contributed by atoms with E-state index in [0.29, 0.717) is 11.7 Å². The molecule has 6 heteroatoms. The zero-order valence-electron chi connectivity index (χ0n) is 10.4. The molecule has 1 rings (SSSR count). The number of hydrogen-bond acceptors (Lipinski definition) is 3. The molecular weight excluding hydrogens is 250 g/mol. The van der Waals surface area contributed by atoms with Crippen LogP contribution in [0.1, 0.15) is 19.4 Å². The zero-order chi connectivity index (χ0) is 13.4. The smallest absolute Gasteiger partial charge is 0.425 e. The third kappa shape index (κ3) is 4.58. The van der Waals surface area contributed by atoms with E-state index in [1.165, 1.54) is 0 Å². The topological polar surface area (TPSA) is 62.4 Å². The summed E-state index contributed by atoms with van der Waals surface area (Å²) >= 11 is 5.05. The van der Waals surface area contributed by atoms with E-state index in [0.717, 1.165) is 17.7 Å². The summed E-state index contributed by atoms with van der Waals surface area (Å²) in [7, 11) is 0. The molecule has 1 aromatic rings. The highest BCUT2D eigenvalue weighted by Crippen LogP contribution is 2.14. The van der Waals surface area contributed by atoms with E-state index in [1.54, 1.807) is 6.92 Å². The Labute approximate surface area is 112 Å². The predicted octanol–water partition coefficient (Wildman–Crippen LogP) is 2.20. The first-order valence-electron chi connectivity index (χ1n) is 5.75. The predicted molar refractivity (Wildman–Crippen MR) is 75.3 cm³/mol. The fraction of sp³-hybridized carbons (Fsp3) is 0.333. The normalized spacial score (nSPS) is 9.44. The molecule has 0 atom stereocenters. The summed E-state index contributed by atoms with van der Waals surface area (Å²) in [5.41, 5.74) is 6.96. The number of benzene rings is 1. The van der Waals surface area contributed by atoms with Gasteiger partial charge in [0.25, 0.3) is 0 Å². The highest BCUT2D eigenvalue weighted by atomic mass is 32.1. The van der Waals surface area contributed by atoms with Crippen LogP contribution >= 0.6 is 12.2 Å². The Morgan fingerprint density at radius 3 is 2.67 bits per heavy atom. The van der Waals surface area contributed by atoms with Crippen molar-refractivity contribution >= 4 is 29.1 Å². The number of carbonyl (C=O) groups excluding carboxylic acids is 1. The number of carbonyl (C=O) groups is 1. The molecule has 0 saturated carbocycles. The molecule has 0 fully saturated rings. The van der Waals surface area contributed by atoms with Crippen LogP contribution in [0.4, 0.5) is 10.5 Å². The first kappa shape index (κ1) is 14.2. The van der Waals surface area contributed by atoms with Crippen LogP contribution in [0.25, 0.3) is 0 Å². The number of hydrogen-bond donors (Lipinski definition) is 3. The molecular formula is C12H17N3O2S. The molecule has 0 aromatic heterocycles. The molecule has 98 valence electrons. The van der Waals surface area contributed by atoms with Crippen LogP contribution in [0, 0.1) is 0 Å². The quantitative estimate of drug-likeness (QED) is 0.579. The van der Waals surface area contributed by atoms with Crippen molar-refractivity contribution in [3.8, 4) is 0 Å². The Morgan fingerprint density at radius 1 is 1.28 bits per heavy atom. The molecule has 0 bridgehead atoms. The second-order valence-corrected chi connectivity index (χ2v) is 3.84. The van der Waals surface area contributed by atoms with Crippen molar-refractivity contribution < 1.29 is 9.53 Å². The van der Waals surface area contributed by atoms with Crippen LogP contribution < -0.4 is 16.2 Å². The fourth-order valence-electron chi connectivity index (χ4n) is 1.38. The second-order valence-electron chi connectivity index (χ2n) is 3.44. The molecule has 0 aliphatic heterocycles. The van der Waals surface area contributed by atoms with Crippen molar-refractivity contribution in [2.45, 2.75) is 20.3 Å². The summed E-state index contributed by atoms with van der Waals surface area (Å²) in [5, 5.41) is 3.32. The maximum Gasteiger partial charge on any atom is 0.425 e. The molecule has 1 amide bonds. The van der Waals surface area contributed by atoms with E-state index in [9.17, 15) is 4.79 Å². The minimum Gasteiger partial charge on any atom is -0.449 e. The number of aryl methyl sites for hydroxylation is 1. The highest BCUT2D eigenvalue weighted by molar-refractivity contribution is 7.80. The Hall–Kier alpha value is -1.82. The van der Waals surface area contributed by atoms with Gasteiger partial charge in [0.1, 0.15) is 0 Å². The minimum absolute atomic E-state index is 0.309. The van der Waals surface area contributed by atoms with E-state index >= 15 is 0 Å². The Bertz CT molecular complexity index is 424. The van der Waals surface area contributed by atoms with Gasteiger partial charge in [0.15, 0.2) is 5.11 Å². The van der Waals surface area contributed by atoms with Crippen LogP contribution in [0.15, 0.2) is 24.3 Å². The van der Waals surface area contributed by atoms with Gasteiger partial charge in [-0.3, -0.25) is 5.43 Å². The van der Waals surface area contributed by atoms with Gasteiger partial charge in [0.2, 0.25) is 0 Å². The number of thiocarbonyl (C=S) groups is 1. The number of nitrogens with one attached hydrogen (secondary N) is 3. The maximum atomic E-state index is 11.0. The number of ether oxygens (including phenoxy) is 1. The number of anilines is 1. The molecule has 0 aliphatic rings. The van der Waals surface area contributed by atoms with Crippen LogP contribution in [-0.2, 0) is 11.2 Å². The average molecular weight is 267 g/mol. The standard InChI is InChI=1S/C12H17N3O2S/c1-3-9-7-5-6-8-10(9)13-11(18)14-15-12(16)17-4-2/h5-8H,3-4H2,1-2H3,(H,15,16)(H2,13,14,18). The van der Waals surface area contributed by atoms with Gasteiger partial charge in [-0.05, 0) is 37.2 Å². The molecule has 0 aliphatic carbocycles. The van der Waals surface area contributed by atoms with Crippen molar-refractivity contribution in [2.75, 3.05) is 11.9 Å². The fourth-order valence-corrected chi connectivity index (χ4v) is 1.54. The van der Waals surface area contributed by atoms with Gasteiger partial charge < -0.3 is 10.1 Å². The van der Waals surface area contributed by atoms with Crippen LogP contribution in [0.3, 0.4) is 0 Å². The van der Waals surface area contributed by atoms with Crippen molar-refractivity contribution in [1.82, 2.24) is 10.9 Å². The van der Waals surface area contributed by atoms with Crippen LogP contribution in [0.2, 0.25) is 0 Å². The number of rotatable bonds is 3. The van der Waals surface area contributed by atoms with Gasteiger partial charge in [0, 0.05) is 5.69 Å². The lowest BCUT2D eigenvalue weighted by Gasteiger charge is -2.13. The third-order valence-corrected chi connectivity index (χ3v) is 2.40. The Morgan fingerprint density at radius 2 is 2.00 bits per heavy atom. The molecule has 3 N–H and O–H groups in total. The molecule has 5 nitrogen and oxygen atoms in total. The van der Waals surface area contributed by atoms with E-state index in [4.69, 9.17) is 12.2 Å². The maximum absolute atomic E-state index is 11.0. The van der Waals surface area contributed by atoms with Crippen LogP contribution in [-0.4, -0.2) is 17.8 Å². The molecule has 0 unspecified atom stereocenters. The summed E-state index contributed by atoms with van der Waals surface area (Å²) in [5.74, 6) is 0. The Balaban J connectivity index is 2.47. The summed E-state index contributed by atoms with van der Waals surface area (Å²) in [6, 6.07) is 7.83. The minimum atomic E-state index is -0.564. The highest BCUT2D eigenvalue weighted by Gasteiger charge is 2.03. The lowest BCUT2D eigenvalue weighted by molar-refractivity contribution is 0.150. The molecule has 18 heavy (non-hydrogen) atoms. The third-order valence-electron chi connectivity index (χ3n) is 2.20. The first-order valence-corrected chi connectivity index (χ1v) is 6.15. The van der Waals surface area contributed by atoms with Gasteiger partial charge in [0.05, 0.1) is 6.61 Å². The molecule has 1 aromatic carbocycles. The monoisotopic (exact) mass is 267 g/mol. The van der Waals surface area contributed by atoms with E-state index in [-0.39, 0.29) is 0 Å². The van der Waals surface area contributed by atoms with Crippen molar-refractivity contribution in [2.24, 2.45) is 0 Å². The first-order chi connectivity index (χ1) is 8.67.